The molecule has 0 bridgehead atoms. The van der Waals surface area contributed by atoms with Gasteiger partial charge in [0.1, 0.15) is 5.75 Å². The van der Waals surface area contributed by atoms with Crippen LogP contribution in [0.2, 0.25) is 0 Å². The summed E-state index contributed by atoms with van der Waals surface area (Å²) < 4.78 is 0. The second-order valence-electron chi connectivity index (χ2n) is 4.21. The van der Waals surface area contributed by atoms with Crippen LogP contribution in [0.25, 0.3) is 0 Å². The Bertz CT molecular complexity index is 403. The Balaban J connectivity index is 2.22. The monoisotopic (exact) mass is 237 g/mol. The molecule has 0 saturated carbocycles. The van der Waals surface area contributed by atoms with Gasteiger partial charge in [0, 0.05) is 12.5 Å². The number of benzene rings is 1. The Hall–Kier alpha value is -1.75. The summed E-state index contributed by atoms with van der Waals surface area (Å²) in [7, 11) is 0. The molecule has 2 rings (SSSR count). The third-order valence-corrected chi connectivity index (χ3v) is 3.30. The lowest BCUT2D eigenvalue weighted by Gasteiger charge is -2.24. The molecule has 0 unspecified atom stereocenters. The largest absolute Gasteiger partial charge is 0.508 e. The van der Waals surface area contributed by atoms with Gasteiger partial charge in [0.05, 0.1) is 12.6 Å². The third-order valence-electron chi connectivity index (χ3n) is 3.30. The summed E-state index contributed by atoms with van der Waals surface area (Å²) in [6.07, 6.45) is -0.298. The number of hydrogen-bond donors (Lipinski definition) is 3. The predicted octanol–water partition coefficient (Wildman–Crippen LogP) is 1.22. The van der Waals surface area contributed by atoms with E-state index in [4.69, 9.17) is 5.11 Å². The van der Waals surface area contributed by atoms with Crippen molar-refractivity contribution in [1.82, 2.24) is 4.90 Å². The fourth-order valence-electron chi connectivity index (χ4n) is 2.43. The van der Waals surface area contributed by atoms with E-state index in [0.29, 0.717) is 13.0 Å². The summed E-state index contributed by atoms with van der Waals surface area (Å²) in [5.41, 5.74) is 0.950. The second kappa shape index (κ2) is 4.63. The summed E-state index contributed by atoms with van der Waals surface area (Å²) in [4.78, 5) is 12.3. The van der Waals surface area contributed by atoms with E-state index in [-0.39, 0.29) is 18.3 Å². The number of aliphatic hydroxyl groups is 1. The lowest BCUT2D eigenvalue weighted by atomic mass is 9.92. The number of phenols is 1. The quantitative estimate of drug-likeness (QED) is 0.722. The molecule has 17 heavy (non-hydrogen) atoms. The highest BCUT2D eigenvalue weighted by atomic mass is 16.4. The van der Waals surface area contributed by atoms with Crippen molar-refractivity contribution in [3.05, 3.63) is 29.8 Å². The molecule has 5 heteroatoms. The van der Waals surface area contributed by atoms with Gasteiger partial charge >= 0.3 is 6.09 Å². The van der Waals surface area contributed by atoms with Gasteiger partial charge in [-0.05, 0) is 24.1 Å². The van der Waals surface area contributed by atoms with Crippen molar-refractivity contribution < 1.29 is 20.1 Å². The van der Waals surface area contributed by atoms with Crippen LogP contribution in [0, 0.1) is 0 Å². The smallest absolute Gasteiger partial charge is 0.407 e. The zero-order valence-electron chi connectivity index (χ0n) is 9.28. The van der Waals surface area contributed by atoms with Gasteiger partial charge in [-0.1, -0.05) is 12.1 Å². The molecule has 1 aliphatic heterocycles. The second-order valence-corrected chi connectivity index (χ2v) is 4.21. The van der Waals surface area contributed by atoms with Crippen molar-refractivity contribution in [3.63, 3.8) is 0 Å². The fraction of sp³-hybridized carbons (Fsp3) is 0.417. The first-order chi connectivity index (χ1) is 8.13. The van der Waals surface area contributed by atoms with Crippen LogP contribution in [-0.2, 0) is 0 Å². The van der Waals surface area contributed by atoms with E-state index in [2.05, 4.69) is 0 Å². The molecule has 1 saturated heterocycles. The van der Waals surface area contributed by atoms with E-state index in [1.807, 2.05) is 0 Å². The summed E-state index contributed by atoms with van der Waals surface area (Å²) in [6.45, 7) is 0.254. The predicted molar refractivity (Wildman–Crippen MR) is 61.1 cm³/mol. The molecule has 1 amide bonds. The number of aliphatic hydroxyl groups excluding tert-OH is 1. The van der Waals surface area contributed by atoms with Crippen LogP contribution in [-0.4, -0.2) is 45.5 Å². The number of likely N-dealkylation sites (tertiary alicyclic amines) is 1. The van der Waals surface area contributed by atoms with Crippen molar-refractivity contribution in [3.8, 4) is 5.75 Å². The first-order valence-electron chi connectivity index (χ1n) is 5.53. The normalized spacial score (nSPS) is 23.9. The summed E-state index contributed by atoms with van der Waals surface area (Å²) in [5.74, 6) is 0.180. The maximum atomic E-state index is 11.0. The van der Waals surface area contributed by atoms with Gasteiger partial charge in [-0.3, -0.25) is 0 Å². The Kier molecular flexibility index (Phi) is 3.19. The van der Waals surface area contributed by atoms with Gasteiger partial charge in [-0.15, -0.1) is 0 Å². The van der Waals surface area contributed by atoms with Crippen LogP contribution in [0.4, 0.5) is 4.79 Å². The van der Waals surface area contributed by atoms with Crippen LogP contribution >= 0.6 is 0 Å². The lowest BCUT2D eigenvalue weighted by Crippen LogP contribution is -2.38. The van der Waals surface area contributed by atoms with Crippen LogP contribution in [0.15, 0.2) is 24.3 Å². The number of carbonyl (C=O) groups is 1. The first kappa shape index (κ1) is 11.7. The van der Waals surface area contributed by atoms with Crippen molar-refractivity contribution >= 4 is 6.09 Å². The minimum Gasteiger partial charge on any atom is -0.508 e. The average Bonchev–Trinajstić information content (AvgIpc) is 2.73. The van der Waals surface area contributed by atoms with E-state index >= 15 is 0 Å². The van der Waals surface area contributed by atoms with E-state index in [9.17, 15) is 15.0 Å². The molecule has 1 aromatic carbocycles. The van der Waals surface area contributed by atoms with Gasteiger partial charge in [0.25, 0.3) is 0 Å². The lowest BCUT2D eigenvalue weighted by molar-refractivity contribution is 0.114. The average molecular weight is 237 g/mol. The minimum atomic E-state index is -0.995. The van der Waals surface area contributed by atoms with Crippen LogP contribution in [0.3, 0.4) is 0 Å². The van der Waals surface area contributed by atoms with Crippen molar-refractivity contribution in [2.45, 2.75) is 18.4 Å². The molecule has 0 spiro atoms. The minimum absolute atomic E-state index is 0.00306. The number of amides is 1. The molecule has 0 aromatic heterocycles. The van der Waals surface area contributed by atoms with Gasteiger partial charge in [0.15, 0.2) is 0 Å². The zero-order chi connectivity index (χ0) is 12.4. The van der Waals surface area contributed by atoms with E-state index < -0.39 is 12.1 Å². The number of phenolic OH excluding ortho intramolecular Hbond substituents is 1. The summed E-state index contributed by atoms with van der Waals surface area (Å²) >= 11 is 0. The topological polar surface area (TPSA) is 81.0 Å². The first-order valence-corrected chi connectivity index (χ1v) is 5.53. The molecule has 0 aliphatic carbocycles. The summed E-state index contributed by atoms with van der Waals surface area (Å²) in [5, 5.41) is 27.5. The van der Waals surface area contributed by atoms with E-state index in [0.717, 1.165) is 5.56 Å². The maximum absolute atomic E-state index is 11.0. The number of carboxylic acid groups (broad SMARTS) is 1. The molecular weight excluding hydrogens is 222 g/mol. The van der Waals surface area contributed by atoms with E-state index in [1.54, 1.807) is 24.3 Å². The molecule has 1 aliphatic rings. The van der Waals surface area contributed by atoms with Crippen molar-refractivity contribution in [1.29, 1.82) is 0 Å². The molecule has 1 fully saturated rings. The molecule has 1 aromatic rings. The molecular formula is C12H15NO4. The highest BCUT2D eigenvalue weighted by Gasteiger charge is 2.37. The van der Waals surface area contributed by atoms with Gasteiger partial charge in [-0.2, -0.15) is 0 Å². The molecule has 1 heterocycles. The van der Waals surface area contributed by atoms with Crippen molar-refractivity contribution in [2.24, 2.45) is 0 Å². The van der Waals surface area contributed by atoms with E-state index in [1.165, 1.54) is 4.90 Å². The highest BCUT2D eigenvalue weighted by molar-refractivity contribution is 5.66. The number of rotatable bonds is 2. The fourth-order valence-corrected chi connectivity index (χ4v) is 2.43. The van der Waals surface area contributed by atoms with Crippen LogP contribution in [0.1, 0.15) is 17.9 Å². The molecule has 2 atom stereocenters. The Morgan fingerprint density at radius 2 is 2.00 bits per heavy atom. The highest BCUT2D eigenvalue weighted by Crippen LogP contribution is 2.33. The SMILES string of the molecule is O=C(O)N1CC[C@@H](c2ccc(O)cc2)[C@H]1CO. The van der Waals surface area contributed by atoms with Gasteiger partial charge < -0.3 is 20.2 Å². The number of hydrogen-bond acceptors (Lipinski definition) is 3. The maximum Gasteiger partial charge on any atom is 0.407 e. The van der Waals surface area contributed by atoms with Gasteiger partial charge in [-0.25, -0.2) is 4.79 Å². The molecule has 3 N–H and O–H groups in total. The van der Waals surface area contributed by atoms with Crippen molar-refractivity contribution in [2.75, 3.05) is 13.2 Å². The third kappa shape index (κ3) is 2.19. The molecule has 5 nitrogen and oxygen atoms in total. The molecule has 0 radical (unpaired) electrons. The van der Waals surface area contributed by atoms with Crippen LogP contribution in [0.5, 0.6) is 5.75 Å². The Morgan fingerprint density at radius 1 is 1.35 bits per heavy atom. The Morgan fingerprint density at radius 3 is 2.53 bits per heavy atom. The standard InChI is InChI=1S/C12H15NO4/c14-7-11-10(5-6-13(11)12(16)17)8-1-3-9(15)4-2-8/h1-4,10-11,14-15H,5-7H2,(H,16,17)/t10-,11+/m0/s1. The van der Waals surface area contributed by atoms with Gasteiger partial charge in [0.2, 0.25) is 0 Å². The molecule has 92 valence electrons. The summed E-state index contributed by atoms with van der Waals surface area (Å²) in [6, 6.07) is 6.31. The number of aromatic hydroxyl groups is 1. The zero-order valence-corrected chi connectivity index (χ0v) is 9.28. The van der Waals surface area contributed by atoms with Crippen LogP contribution < -0.4 is 0 Å². The Labute approximate surface area is 98.9 Å². The number of nitrogens with zero attached hydrogens (tertiary/aromatic N) is 1.